The molecule has 2 aromatic rings. The van der Waals surface area contributed by atoms with Crippen LogP contribution < -0.4 is 16.2 Å². The van der Waals surface area contributed by atoms with Gasteiger partial charge in [-0.1, -0.05) is 29.8 Å². The smallest absolute Gasteiger partial charge is 0.252 e. The zero-order valence-electron chi connectivity index (χ0n) is 9.97. The first-order chi connectivity index (χ1) is 9.08. The van der Waals surface area contributed by atoms with Crippen LogP contribution in [0.2, 0.25) is 5.02 Å². The summed E-state index contributed by atoms with van der Waals surface area (Å²) in [5, 5.41) is 0.589. The van der Waals surface area contributed by atoms with E-state index in [1.54, 1.807) is 6.07 Å². The molecule has 0 saturated heterocycles. The molecule has 0 radical (unpaired) electrons. The summed E-state index contributed by atoms with van der Waals surface area (Å²) in [6.45, 7) is 0.214. The summed E-state index contributed by atoms with van der Waals surface area (Å²) in [6, 6.07) is 8.64. The highest BCUT2D eigenvalue weighted by atomic mass is 35.5. The van der Waals surface area contributed by atoms with Crippen molar-refractivity contribution < 1.29 is 9.53 Å². The monoisotopic (exact) mass is 277 g/mol. The van der Waals surface area contributed by atoms with Crippen LogP contribution in [0.15, 0.2) is 36.5 Å². The van der Waals surface area contributed by atoms with Crippen molar-refractivity contribution in [2.24, 2.45) is 5.73 Å². The molecule has 0 bridgehead atoms. The lowest BCUT2D eigenvalue weighted by Gasteiger charge is -2.10. The second kappa shape index (κ2) is 5.58. The van der Waals surface area contributed by atoms with E-state index in [1.807, 2.05) is 18.2 Å². The van der Waals surface area contributed by atoms with Gasteiger partial charge in [0.05, 0.1) is 11.8 Å². The molecule has 0 unspecified atom stereocenters. The van der Waals surface area contributed by atoms with E-state index in [9.17, 15) is 4.79 Å². The molecule has 0 atom stereocenters. The maximum atomic E-state index is 11.3. The van der Waals surface area contributed by atoms with Crippen molar-refractivity contribution in [1.82, 2.24) is 4.98 Å². The van der Waals surface area contributed by atoms with Crippen LogP contribution in [0.5, 0.6) is 5.75 Å². The zero-order chi connectivity index (χ0) is 13.8. The fraction of sp³-hybridized carbons (Fsp3) is 0.0769. The number of carbonyl (C=O) groups is 1. The molecule has 4 N–H and O–H groups in total. The van der Waals surface area contributed by atoms with Crippen molar-refractivity contribution >= 4 is 23.3 Å². The van der Waals surface area contributed by atoms with Gasteiger partial charge in [0, 0.05) is 10.6 Å². The Balaban J connectivity index is 2.20. The minimum absolute atomic E-state index is 0.194. The van der Waals surface area contributed by atoms with E-state index >= 15 is 0 Å². The number of amides is 1. The number of carbonyl (C=O) groups excluding carboxylic acids is 1. The Morgan fingerprint density at radius 1 is 1.37 bits per heavy atom. The van der Waals surface area contributed by atoms with Gasteiger partial charge in [-0.3, -0.25) is 4.79 Å². The molecular formula is C13H12ClN3O2. The van der Waals surface area contributed by atoms with E-state index in [4.69, 9.17) is 27.8 Å². The van der Waals surface area contributed by atoms with E-state index < -0.39 is 5.91 Å². The normalized spacial score (nSPS) is 10.2. The number of anilines is 1. The molecule has 0 fully saturated rings. The van der Waals surface area contributed by atoms with Gasteiger partial charge in [0.15, 0.2) is 5.75 Å². The van der Waals surface area contributed by atoms with E-state index in [2.05, 4.69) is 4.98 Å². The van der Waals surface area contributed by atoms with Crippen LogP contribution in [0.4, 0.5) is 5.82 Å². The molecule has 19 heavy (non-hydrogen) atoms. The number of pyridine rings is 1. The lowest BCUT2D eigenvalue weighted by Crippen LogP contribution is -2.14. The maximum Gasteiger partial charge on any atom is 0.252 e. The Hall–Kier alpha value is -2.27. The number of aromatic nitrogens is 1. The number of hydrogen-bond donors (Lipinski definition) is 2. The predicted molar refractivity (Wildman–Crippen MR) is 73.0 cm³/mol. The highest BCUT2D eigenvalue weighted by Crippen LogP contribution is 2.22. The highest BCUT2D eigenvalue weighted by molar-refractivity contribution is 6.31. The van der Waals surface area contributed by atoms with Gasteiger partial charge >= 0.3 is 0 Å². The third kappa shape index (κ3) is 3.14. The average molecular weight is 278 g/mol. The summed E-state index contributed by atoms with van der Waals surface area (Å²) >= 11 is 6.01. The summed E-state index contributed by atoms with van der Waals surface area (Å²) in [5.74, 6) is -0.135. The molecule has 1 aromatic carbocycles. The van der Waals surface area contributed by atoms with Gasteiger partial charge in [0.25, 0.3) is 5.91 Å². The van der Waals surface area contributed by atoms with Crippen molar-refractivity contribution in [1.29, 1.82) is 0 Å². The second-order valence-electron chi connectivity index (χ2n) is 3.85. The molecule has 2 rings (SSSR count). The van der Waals surface area contributed by atoms with Gasteiger partial charge in [0.1, 0.15) is 12.4 Å². The topological polar surface area (TPSA) is 91.2 Å². The van der Waals surface area contributed by atoms with Crippen LogP contribution in [-0.4, -0.2) is 10.9 Å². The number of hydrogen-bond acceptors (Lipinski definition) is 4. The SMILES string of the molecule is NC(=O)c1cc(N)ncc1OCc1ccccc1Cl. The summed E-state index contributed by atoms with van der Waals surface area (Å²) in [5.41, 5.74) is 11.8. The molecule has 98 valence electrons. The molecule has 6 heteroatoms. The van der Waals surface area contributed by atoms with Gasteiger partial charge in [-0.2, -0.15) is 0 Å². The van der Waals surface area contributed by atoms with E-state index in [0.717, 1.165) is 5.56 Å². The number of halogens is 1. The first-order valence-corrected chi connectivity index (χ1v) is 5.87. The van der Waals surface area contributed by atoms with Gasteiger partial charge < -0.3 is 16.2 Å². The van der Waals surface area contributed by atoms with Crippen LogP contribution in [0.1, 0.15) is 15.9 Å². The molecule has 1 aromatic heterocycles. The minimum Gasteiger partial charge on any atom is -0.486 e. The third-order valence-corrected chi connectivity index (χ3v) is 2.86. The van der Waals surface area contributed by atoms with Crippen molar-refractivity contribution in [2.45, 2.75) is 6.61 Å². The molecule has 0 spiro atoms. The van der Waals surface area contributed by atoms with Crippen LogP contribution in [-0.2, 0) is 6.61 Å². The summed E-state index contributed by atoms with van der Waals surface area (Å²) < 4.78 is 5.52. The van der Waals surface area contributed by atoms with Crippen molar-refractivity contribution in [3.05, 3.63) is 52.7 Å². The predicted octanol–water partition coefficient (Wildman–Crippen LogP) is 2.00. The molecule has 1 heterocycles. The van der Waals surface area contributed by atoms with E-state index in [0.29, 0.717) is 5.02 Å². The van der Waals surface area contributed by atoms with E-state index in [1.165, 1.54) is 12.3 Å². The van der Waals surface area contributed by atoms with Gasteiger partial charge in [-0.15, -0.1) is 0 Å². The standard InChI is InChI=1S/C13H12ClN3O2/c14-10-4-2-1-3-8(10)7-19-11-6-17-12(15)5-9(11)13(16)18/h1-6H,7H2,(H2,15,17)(H2,16,18). The van der Waals surface area contributed by atoms with Crippen molar-refractivity contribution in [3.8, 4) is 5.75 Å². The molecule has 1 amide bonds. The second-order valence-corrected chi connectivity index (χ2v) is 4.26. The number of ether oxygens (including phenoxy) is 1. The van der Waals surface area contributed by atoms with Crippen LogP contribution in [0.25, 0.3) is 0 Å². The molecule has 5 nitrogen and oxygen atoms in total. The lowest BCUT2D eigenvalue weighted by atomic mass is 10.2. The summed E-state index contributed by atoms with van der Waals surface area (Å²) in [4.78, 5) is 15.2. The number of nitrogen functional groups attached to an aromatic ring is 1. The maximum absolute atomic E-state index is 11.3. The fourth-order valence-corrected chi connectivity index (χ4v) is 1.73. The first-order valence-electron chi connectivity index (χ1n) is 5.49. The lowest BCUT2D eigenvalue weighted by molar-refractivity contribution is 0.0996. The Morgan fingerprint density at radius 3 is 2.79 bits per heavy atom. The number of benzene rings is 1. The average Bonchev–Trinajstić information content (AvgIpc) is 2.38. The Bertz CT molecular complexity index is 617. The molecule has 0 saturated carbocycles. The van der Waals surface area contributed by atoms with Crippen molar-refractivity contribution in [2.75, 3.05) is 5.73 Å². The quantitative estimate of drug-likeness (QED) is 0.894. The van der Waals surface area contributed by atoms with Crippen LogP contribution in [0.3, 0.4) is 0 Å². The highest BCUT2D eigenvalue weighted by Gasteiger charge is 2.11. The minimum atomic E-state index is -0.622. The third-order valence-electron chi connectivity index (χ3n) is 2.50. The van der Waals surface area contributed by atoms with Crippen LogP contribution in [0, 0.1) is 0 Å². The Labute approximate surface area is 115 Å². The Morgan fingerprint density at radius 2 is 2.11 bits per heavy atom. The largest absolute Gasteiger partial charge is 0.486 e. The number of primary amides is 1. The number of nitrogens with two attached hydrogens (primary N) is 2. The van der Waals surface area contributed by atoms with Gasteiger partial charge in [-0.25, -0.2) is 4.98 Å². The zero-order valence-corrected chi connectivity index (χ0v) is 10.7. The van der Waals surface area contributed by atoms with Crippen molar-refractivity contribution in [3.63, 3.8) is 0 Å². The fourth-order valence-electron chi connectivity index (χ4n) is 1.54. The van der Waals surface area contributed by atoms with Gasteiger partial charge in [0.2, 0.25) is 0 Å². The molecule has 0 aliphatic rings. The van der Waals surface area contributed by atoms with Gasteiger partial charge in [-0.05, 0) is 12.1 Å². The first kappa shape index (κ1) is 13.2. The summed E-state index contributed by atoms with van der Waals surface area (Å²) in [7, 11) is 0. The Kier molecular flexibility index (Phi) is 3.87. The molecule has 0 aliphatic heterocycles. The van der Waals surface area contributed by atoms with E-state index in [-0.39, 0.29) is 23.7 Å². The number of rotatable bonds is 4. The number of nitrogens with zero attached hydrogens (tertiary/aromatic N) is 1. The summed E-state index contributed by atoms with van der Waals surface area (Å²) in [6.07, 6.45) is 1.37. The molecule has 0 aliphatic carbocycles. The van der Waals surface area contributed by atoms with Crippen LogP contribution >= 0.6 is 11.6 Å². The molecular weight excluding hydrogens is 266 g/mol.